The van der Waals surface area contributed by atoms with E-state index in [2.05, 4.69) is 25.1 Å². The number of aryl methyl sites for hydroxylation is 1. The smallest absolute Gasteiger partial charge is 0.122 e. The van der Waals surface area contributed by atoms with Gasteiger partial charge in [0.25, 0.3) is 0 Å². The standard InChI is InChI=1S/C16H20O2/c1-14-8-5-6-11-16(14)18-13-7-12-17-15-9-3-2-4-10-15/h3,5-6,8-11H,2,4,7,12-13H2,1H3. The zero-order chi connectivity index (χ0) is 12.6. The largest absolute Gasteiger partial charge is 0.494 e. The van der Waals surface area contributed by atoms with E-state index in [0.29, 0.717) is 13.2 Å². The van der Waals surface area contributed by atoms with Gasteiger partial charge in [0.1, 0.15) is 11.5 Å². The minimum atomic E-state index is 0.696. The van der Waals surface area contributed by atoms with Crippen LogP contribution in [-0.4, -0.2) is 13.2 Å². The Hall–Kier alpha value is -1.70. The van der Waals surface area contributed by atoms with Crippen molar-refractivity contribution in [3.63, 3.8) is 0 Å². The van der Waals surface area contributed by atoms with E-state index in [4.69, 9.17) is 9.47 Å². The molecular formula is C16H20O2. The second-order valence-corrected chi connectivity index (χ2v) is 4.40. The van der Waals surface area contributed by atoms with Crippen LogP contribution >= 0.6 is 0 Å². The molecule has 0 radical (unpaired) electrons. The fourth-order valence-electron chi connectivity index (χ4n) is 1.85. The lowest BCUT2D eigenvalue weighted by molar-refractivity contribution is 0.190. The SMILES string of the molecule is Cc1ccccc1OCCCOC1=CCCC=C1. The van der Waals surface area contributed by atoms with Crippen molar-refractivity contribution in [3.8, 4) is 5.75 Å². The maximum atomic E-state index is 5.71. The Morgan fingerprint density at radius 1 is 1.06 bits per heavy atom. The summed E-state index contributed by atoms with van der Waals surface area (Å²) < 4.78 is 11.4. The summed E-state index contributed by atoms with van der Waals surface area (Å²) in [4.78, 5) is 0. The molecule has 2 heteroatoms. The first-order valence-corrected chi connectivity index (χ1v) is 6.54. The van der Waals surface area contributed by atoms with Crippen LogP contribution < -0.4 is 4.74 Å². The lowest BCUT2D eigenvalue weighted by Gasteiger charge is -2.11. The Morgan fingerprint density at radius 2 is 1.89 bits per heavy atom. The van der Waals surface area contributed by atoms with Crippen LogP contribution in [0.25, 0.3) is 0 Å². The number of ether oxygens (including phenoxy) is 2. The van der Waals surface area contributed by atoms with Crippen molar-refractivity contribution in [1.82, 2.24) is 0 Å². The van der Waals surface area contributed by atoms with Crippen LogP contribution in [0.3, 0.4) is 0 Å². The molecule has 0 N–H and O–H groups in total. The zero-order valence-corrected chi connectivity index (χ0v) is 10.9. The summed E-state index contributed by atoms with van der Waals surface area (Å²) in [5.41, 5.74) is 1.18. The molecule has 0 atom stereocenters. The molecule has 0 spiro atoms. The Morgan fingerprint density at radius 3 is 2.67 bits per heavy atom. The van der Waals surface area contributed by atoms with E-state index >= 15 is 0 Å². The van der Waals surface area contributed by atoms with Gasteiger partial charge < -0.3 is 9.47 Å². The lowest BCUT2D eigenvalue weighted by atomic mass is 10.2. The van der Waals surface area contributed by atoms with Crippen molar-refractivity contribution >= 4 is 0 Å². The molecule has 0 unspecified atom stereocenters. The van der Waals surface area contributed by atoms with Crippen molar-refractivity contribution in [3.05, 3.63) is 53.8 Å². The van der Waals surface area contributed by atoms with Gasteiger partial charge in [-0.2, -0.15) is 0 Å². The van der Waals surface area contributed by atoms with Crippen LogP contribution in [0.2, 0.25) is 0 Å². The minimum absolute atomic E-state index is 0.696. The first kappa shape index (κ1) is 12.7. The fourth-order valence-corrected chi connectivity index (χ4v) is 1.85. The van der Waals surface area contributed by atoms with Gasteiger partial charge in [-0.25, -0.2) is 0 Å². The normalized spacial score (nSPS) is 14.2. The number of rotatable bonds is 6. The van der Waals surface area contributed by atoms with Gasteiger partial charge in [-0.1, -0.05) is 24.3 Å². The van der Waals surface area contributed by atoms with E-state index in [0.717, 1.165) is 30.8 Å². The van der Waals surface area contributed by atoms with E-state index in [1.807, 2.05) is 24.3 Å². The van der Waals surface area contributed by atoms with E-state index < -0.39 is 0 Å². The van der Waals surface area contributed by atoms with Crippen LogP contribution in [0.4, 0.5) is 0 Å². The van der Waals surface area contributed by atoms with Gasteiger partial charge in [-0.3, -0.25) is 0 Å². The molecule has 2 rings (SSSR count). The van der Waals surface area contributed by atoms with E-state index in [1.54, 1.807) is 0 Å². The van der Waals surface area contributed by atoms with Gasteiger partial charge in [0.2, 0.25) is 0 Å². The summed E-state index contributed by atoms with van der Waals surface area (Å²) in [7, 11) is 0. The van der Waals surface area contributed by atoms with Crippen LogP contribution in [0, 0.1) is 6.92 Å². The number of hydrogen-bond donors (Lipinski definition) is 0. The van der Waals surface area contributed by atoms with E-state index in [1.165, 1.54) is 5.56 Å². The summed E-state index contributed by atoms with van der Waals surface area (Å²) in [5.74, 6) is 1.96. The molecule has 0 fully saturated rings. The molecule has 1 aliphatic carbocycles. The van der Waals surface area contributed by atoms with Crippen molar-refractivity contribution in [2.75, 3.05) is 13.2 Å². The molecule has 0 aromatic heterocycles. The topological polar surface area (TPSA) is 18.5 Å². The highest BCUT2D eigenvalue weighted by Gasteiger charge is 1.99. The number of allylic oxidation sites excluding steroid dienone is 3. The molecule has 96 valence electrons. The maximum absolute atomic E-state index is 5.71. The molecule has 0 amide bonds. The highest BCUT2D eigenvalue weighted by atomic mass is 16.5. The Kier molecular flexibility index (Phi) is 4.88. The summed E-state index contributed by atoms with van der Waals surface area (Å²) in [6, 6.07) is 8.08. The van der Waals surface area contributed by atoms with E-state index in [9.17, 15) is 0 Å². The highest BCUT2D eigenvalue weighted by Crippen LogP contribution is 2.16. The van der Waals surface area contributed by atoms with Crippen molar-refractivity contribution in [2.24, 2.45) is 0 Å². The summed E-state index contributed by atoms with van der Waals surface area (Å²) >= 11 is 0. The molecule has 1 aromatic carbocycles. The van der Waals surface area contributed by atoms with Crippen LogP contribution in [0.1, 0.15) is 24.8 Å². The summed E-state index contributed by atoms with van der Waals surface area (Å²) in [6.45, 7) is 3.47. The third-order valence-corrected chi connectivity index (χ3v) is 2.87. The molecule has 0 bridgehead atoms. The Labute approximate surface area is 109 Å². The Balaban J connectivity index is 1.63. The molecule has 1 aromatic rings. The molecule has 0 aliphatic heterocycles. The predicted octanol–water partition coefficient (Wildman–Crippen LogP) is 4.01. The van der Waals surface area contributed by atoms with Crippen molar-refractivity contribution in [2.45, 2.75) is 26.2 Å². The zero-order valence-electron chi connectivity index (χ0n) is 10.9. The van der Waals surface area contributed by atoms with Gasteiger partial charge in [-0.15, -0.1) is 0 Å². The molecule has 0 saturated heterocycles. The van der Waals surface area contributed by atoms with Gasteiger partial charge >= 0.3 is 0 Å². The molecule has 18 heavy (non-hydrogen) atoms. The summed E-state index contributed by atoms with van der Waals surface area (Å²) in [5, 5.41) is 0. The second-order valence-electron chi connectivity index (χ2n) is 4.40. The molecule has 2 nitrogen and oxygen atoms in total. The van der Waals surface area contributed by atoms with Crippen molar-refractivity contribution < 1.29 is 9.47 Å². The fraction of sp³-hybridized carbons (Fsp3) is 0.375. The van der Waals surface area contributed by atoms with Crippen LogP contribution in [-0.2, 0) is 4.74 Å². The monoisotopic (exact) mass is 244 g/mol. The predicted molar refractivity (Wildman–Crippen MR) is 73.7 cm³/mol. The number of benzene rings is 1. The highest BCUT2D eigenvalue weighted by molar-refractivity contribution is 5.31. The number of para-hydroxylation sites is 1. The minimum Gasteiger partial charge on any atom is -0.494 e. The molecule has 0 heterocycles. The van der Waals surface area contributed by atoms with Gasteiger partial charge in [0.05, 0.1) is 13.2 Å². The third-order valence-electron chi connectivity index (χ3n) is 2.87. The number of hydrogen-bond acceptors (Lipinski definition) is 2. The quantitative estimate of drug-likeness (QED) is 0.704. The van der Waals surface area contributed by atoms with Gasteiger partial charge in [0.15, 0.2) is 0 Å². The third kappa shape index (κ3) is 3.95. The molecule has 0 saturated carbocycles. The van der Waals surface area contributed by atoms with Crippen molar-refractivity contribution in [1.29, 1.82) is 0 Å². The second kappa shape index (κ2) is 6.90. The first-order valence-electron chi connectivity index (χ1n) is 6.54. The van der Waals surface area contributed by atoms with Crippen LogP contribution in [0.15, 0.2) is 48.3 Å². The van der Waals surface area contributed by atoms with Crippen LogP contribution in [0.5, 0.6) is 5.75 Å². The lowest BCUT2D eigenvalue weighted by Crippen LogP contribution is -2.04. The van der Waals surface area contributed by atoms with E-state index in [-0.39, 0.29) is 0 Å². The van der Waals surface area contributed by atoms with Gasteiger partial charge in [-0.05, 0) is 43.5 Å². The molecule has 1 aliphatic rings. The molecular weight excluding hydrogens is 224 g/mol. The average Bonchev–Trinajstić information content (AvgIpc) is 2.42. The summed E-state index contributed by atoms with van der Waals surface area (Å²) in [6.07, 6.45) is 9.46. The first-order chi connectivity index (χ1) is 8.86. The van der Waals surface area contributed by atoms with Gasteiger partial charge in [0, 0.05) is 6.42 Å². The maximum Gasteiger partial charge on any atom is 0.122 e. The Bertz CT molecular complexity index is 432. The average molecular weight is 244 g/mol.